The van der Waals surface area contributed by atoms with Gasteiger partial charge >= 0.3 is 0 Å². The molecule has 90 valence electrons. The number of hydrogen-bond acceptors (Lipinski definition) is 3. The lowest BCUT2D eigenvalue weighted by molar-refractivity contribution is 0.0924. The molecule has 1 amide bonds. The van der Waals surface area contributed by atoms with Crippen LogP contribution in [0, 0.1) is 6.92 Å². The number of amides is 1. The number of unbranched alkanes of at least 4 members (excludes halogenated alkanes) is 3. The van der Waals surface area contributed by atoms with Gasteiger partial charge in [-0.15, -0.1) is 0 Å². The summed E-state index contributed by atoms with van der Waals surface area (Å²) in [6, 6.07) is 0. The summed E-state index contributed by atoms with van der Waals surface area (Å²) in [5, 5.41) is 3.87. The van der Waals surface area contributed by atoms with Crippen molar-refractivity contribution in [1.82, 2.24) is 10.3 Å². The van der Waals surface area contributed by atoms with E-state index in [0.717, 1.165) is 18.2 Å². The Morgan fingerprint density at radius 1 is 1.44 bits per heavy atom. The number of alkyl halides is 1. The highest BCUT2D eigenvalue weighted by Crippen LogP contribution is 2.05. The van der Waals surface area contributed by atoms with Gasteiger partial charge in [-0.1, -0.05) is 28.8 Å². The maximum absolute atomic E-state index is 11.6. The molecule has 4 nitrogen and oxygen atoms in total. The number of nitrogens with one attached hydrogen (secondary N) is 1. The molecule has 1 heterocycles. The van der Waals surface area contributed by atoms with Gasteiger partial charge in [0, 0.05) is 11.9 Å². The van der Waals surface area contributed by atoms with Crippen LogP contribution in [0.1, 0.15) is 41.9 Å². The molecule has 1 rings (SSSR count). The van der Waals surface area contributed by atoms with E-state index in [1.165, 1.54) is 19.2 Å². The minimum absolute atomic E-state index is 0.171. The number of nitrogens with zero attached hydrogens (tertiary/aromatic N) is 1. The van der Waals surface area contributed by atoms with Gasteiger partial charge in [-0.2, -0.15) is 0 Å². The summed E-state index contributed by atoms with van der Waals surface area (Å²) in [6.45, 7) is 2.45. The van der Waals surface area contributed by atoms with Gasteiger partial charge in [-0.3, -0.25) is 4.79 Å². The monoisotopic (exact) mass is 288 g/mol. The van der Waals surface area contributed by atoms with E-state index in [1.54, 1.807) is 6.92 Å². The van der Waals surface area contributed by atoms with Gasteiger partial charge in [0.2, 0.25) is 5.76 Å². The Kier molecular flexibility index (Phi) is 6.15. The van der Waals surface area contributed by atoms with Crippen molar-refractivity contribution >= 4 is 21.8 Å². The van der Waals surface area contributed by atoms with Gasteiger partial charge in [-0.05, 0) is 19.8 Å². The molecule has 1 aromatic rings. The maximum atomic E-state index is 11.6. The molecule has 0 radical (unpaired) electrons. The Hall–Kier alpha value is -0.840. The van der Waals surface area contributed by atoms with Crippen molar-refractivity contribution < 1.29 is 9.21 Å². The zero-order valence-corrected chi connectivity index (χ0v) is 11.0. The van der Waals surface area contributed by atoms with Crippen LogP contribution in [0.15, 0.2) is 10.8 Å². The van der Waals surface area contributed by atoms with E-state index in [1.807, 2.05) is 0 Å². The van der Waals surface area contributed by atoms with E-state index >= 15 is 0 Å². The second kappa shape index (κ2) is 7.44. The Bertz CT molecular complexity index is 326. The third kappa shape index (κ3) is 4.35. The fourth-order valence-electron chi connectivity index (χ4n) is 1.38. The van der Waals surface area contributed by atoms with Crippen LogP contribution in [0.25, 0.3) is 0 Å². The highest BCUT2D eigenvalue weighted by atomic mass is 79.9. The lowest BCUT2D eigenvalue weighted by Crippen LogP contribution is -2.24. The van der Waals surface area contributed by atoms with Crippen molar-refractivity contribution in [3.63, 3.8) is 0 Å². The molecular weight excluding hydrogens is 272 g/mol. The first-order valence-electron chi connectivity index (χ1n) is 5.50. The molecule has 0 spiro atoms. The number of halogens is 1. The van der Waals surface area contributed by atoms with Crippen LogP contribution in [0.5, 0.6) is 0 Å². The summed E-state index contributed by atoms with van der Waals surface area (Å²) >= 11 is 3.39. The highest BCUT2D eigenvalue weighted by Gasteiger charge is 2.12. The standard InChI is InChI=1S/C11H17BrN2O2/c1-9-10(16-8-14-9)11(15)13-7-5-3-2-4-6-12/h8H,2-7H2,1H3,(H,13,15). The lowest BCUT2D eigenvalue weighted by Gasteiger charge is -2.02. The molecule has 1 aromatic heterocycles. The number of aryl methyl sites for hydroxylation is 1. The number of hydrogen-bond donors (Lipinski definition) is 1. The first kappa shape index (κ1) is 13.2. The predicted octanol–water partition coefficient (Wildman–Crippen LogP) is 2.67. The van der Waals surface area contributed by atoms with Gasteiger partial charge in [-0.25, -0.2) is 4.98 Å². The van der Waals surface area contributed by atoms with Crippen molar-refractivity contribution in [3.05, 3.63) is 17.8 Å². The van der Waals surface area contributed by atoms with Crippen molar-refractivity contribution in [2.75, 3.05) is 11.9 Å². The van der Waals surface area contributed by atoms with Gasteiger partial charge in [0.05, 0.1) is 5.69 Å². The average Bonchev–Trinajstić information content (AvgIpc) is 2.69. The smallest absolute Gasteiger partial charge is 0.288 e. The quantitative estimate of drug-likeness (QED) is 0.620. The minimum atomic E-state index is -0.171. The molecule has 0 aliphatic heterocycles. The summed E-state index contributed by atoms with van der Waals surface area (Å²) < 4.78 is 4.99. The van der Waals surface area contributed by atoms with E-state index in [9.17, 15) is 4.79 Å². The van der Waals surface area contributed by atoms with Crippen molar-refractivity contribution in [1.29, 1.82) is 0 Å². The van der Waals surface area contributed by atoms with Crippen molar-refractivity contribution in [2.45, 2.75) is 32.6 Å². The molecular formula is C11H17BrN2O2. The summed E-state index contributed by atoms with van der Waals surface area (Å²) in [5.41, 5.74) is 0.636. The SMILES string of the molecule is Cc1ncoc1C(=O)NCCCCCCBr. The normalized spacial score (nSPS) is 10.4. The van der Waals surface area contributed by atoms with Crippen LogP contribution in [0.2, 0.25) is 0 Å². The molecule has 0 aromatic carbocycles. The predicted molar refractivity (Wildman–Crippen MR) is 65.8 cm³/mol. The number of rotatable bonds is 7. The average molecular weight is 289 g/mol. The van der Waals surface area contributed by atoms with E-state index in [0.29, 0.717) is 18.0 Å². The highest BCUT2D eigenvalue weighted by molar-refractivity contribution is 9.09. The fourth-order valence-corrected chi connectivity index (χ4v) is 1.77. The molecule has 0 fully saturated rings. The number of aromatic nitrogens is 1. The number of oxazole rings is 1. The van der Waals surface area contributed by atoms with Crippen LogP contribution in [-0.2, 0) is 0 Å². The third-order valence-electron chi connectivity index (χ3n) is 2.30. The molecule has 0 saturated carbocycles. The second-order valence-electron chi connectivity index (χ2n) is 3.63. The largest absolute Gasteiger partial charge is 0.438 e. The molecule has 0 aliphatic carbocycles. The minimum Gasteiger partial charge on any atom is -0.438 e. The molecule has 1 N–H and O–H groups in total. The van der Waals surface area contributed by atoms with E-state index in [4.69, 9.17) is 4.42 Å². The van der Waals surface area contributed by atoms with Crippen molar-refractivity contribution in [2.24, 2.45) is 0 Å². The summed E-state index contributed by atoms with van der Waals surface area (Å²) in [6.07, 6.45) is 5.82. The zero-order valence-electron chi connectivity index (χ0n) is 9.46. The first-order valence-corrected chi connectivity index (χ1v) is 6.62. The summed E-state index contributed by atoms with van der Waals surface area (Å²) in [4.78, 5) is 15.4. The van der Waals surface area contributed by atoms with E-state index < -0.39 is 0 Å². The Morgan fingerprint density at radius 2 is 2.19 bits per heavy atom. The van der Waals surface area contributed by atoms with Crippen LogP contribution in [0.4, 0.5) is 0 Å². The first-order chi connectivity index (χ1) is 7.75. The second-order valence-corrected chi connectivity index (χ2v) is 4.42. The lowest BCUT2D eigenvalue weighted by atomic mass is 10.2. The van der Waals surface area contributed by atoms with Gasteiger partial charge in [0.1, 0.15) is 0 Å². The van der Waals surface area contributed by atoms with Gasteiger partial charge in [0.25, 0.3) is 5.91 Å². The number of carbonyl (C=O) groups is 1. The van der Waals surface area contributed by atoms with Crippen LogP contribution < -0.4 is 5.32 Å². The Morgan fingerprint density at radius 3 is 2.81 bits per heavy atom. The molecule has 5 heteroatoms. The molecule has 0 saturated heterocycles. The molecule has 16 heavy (non-hydrogen) atoms. The molecule has 0 aliphatic rings. The molecule has 0 atom stereocenters. The van der Waals surface area contributed by atoms with Crippen LogP contribution >= 0.6 is 15.9 Å². The van der Waals surface area contributed by atoms with Gasteiger partial charge < -0.3 is 9.73 Å². The third-order valence-corrected chi connectivity index (χ3v) is 2.86. The number of carbonyl (C=O) groups excluding carboxylic acids is 1. The Labute approximate surface area is 104 Å². The van der Waals surface area contributed by atoms with E-state index in [-0.39, 0.29) is 5.91 Å². The van der Waals surface area contributed by atoms with Crippen LogP contribution in [0.3, 0.4) is 0 Å². The fraction of sp³-hybridized carbons (Fsp3) is 0.636. The molecule has 0 bridgehead atoms. The summed E-state index contributed by atoms with van der Waals surface area (Å²) in [5.74, 6) is 0.149. The summed E-state index contributed by atoms with van der Waals surface area (Å²) in [7, 11) is 0. The topological polar surface area (TPSA) is 55.1 Å². The Balaban J connectivity index is 2.14. The van der Waals surface area contributed by atoms with E-state index in [2.05, 4.69) is 26.2 Å². The molecule has 0 unspecified atom stereocenters. The van der Waals surface area contributed by atoms with Crippen LogP contribution in [-0.4, -0.2) is 22.8 Å². The maximum Gasteiger partial charge on any atom is 0.288 e. The van der Waals surface area contributed by atoms with Gasteiger partial charge in [0.15, 0.2) is 6.39 Å². The zero-order chi connectivity index (χ0) is 11.8. The van der Waals surface area contributed by atoms with Crippen molar-refractivity contribution in [3.8, 4) is 0 Å².